The molecular formula is C15H15FN2O4S. The summed E-state index contributed by atoms with van der Waals surface area (Å²) in [5.41, 5.74) is -0.685. The van der Waals surface area contributed by atoms with E-state index in [9.17, 15) is 19.1 Å². The van der Waals surface area contributed by atoms with Crippen LogP contribution in [0.3, 0.4) is 0 Å². The maximum absolute atomic E-state index is 13.9. The van der Waals surface area contributed by atoms with Crippen LogP contribution < -0.4 is 5.32 Å². The van der Waals surface area contributed by atoms with Gasteiger partial charge in [0, 0.05) is 5.56 Å². The molecule has 1 aromatic carbocycles. The van der Waals surface area contributed by atoms with Crippen LogP contribution in [0, 0.1) is 5.82 Å². The SMILES string of the molecule is CC(C)(C)OC(=O)Nc1c(-c2ccccc2F)nsc1C(=O)O. The zero-order valence-corrected chi connectivity index (χ0v) is 13.5. The monoisotopic (exact) mass is 338 g/mol. The van der Waals surface area contributed by atoms with Crippen LogP contribution in [-0.2, 0) is 4.74 Å². The minimum Gasteiger partial charge on any atom is -0.477 e. The van der Waals surface area contributed by atoms with Crippen molar-refractivity contribution in [2.24, 2.45) is 0 Å². The van der Waals surface area contributed by atoms with Gasteiger partial charge in [0.15, 0.2) is 4.88 Å². The molecule has 2 aromatic rings. The first-order chi connectivity index (χ1) is 10.7. The van der Waals surface area contributed by atoms with Crippen LogP contribution in [-0.4, -0.2) is 27.1 Å². The van der Waals surface area contributed by atoms with Gasteiger partial charge in [-0.1, -0.05) is 12.1 Å². The number of rotatable bonds is 3. The maximum atomic E-state index is 13.9. The number of nitrogens with one attached hydrogen (secondary N) is 1. The Morgan fingerprint density at radius 1 is 1.30 bits per heavy atom. The van der Waals surface area contributed by atoms with Gasteiger partial charge < -0.3 is 9.84 Å². The number of anilines is 1. The molecule has 0 saturated heterocycles. The second-order valence-corrected chi connectivity index (χ2v) is 6.42. The van der Waals surface area contributed by atoms with E-state index in [0.29, 0.717) is 11.5 Å². The lowest BCUT2D eigenvalue weighted by molar-refractivity contribution is 0.0636. The van der Waals surface area contributed by atoms with E-state index >= 15 is 0 Å². The molecule has 23 heavy (non-hydrogen) atoms. The Balaban J connectivity index is 2.44. The third-order valence-corrected chi connectivity index (χ3v) is 3.48. The fourth-order valence-electron chi connectivity index (χ4n) is 1.79. The highest BCUT2D eigenvalue weighted by Gasteiger charge is 2.25. The van der Waals surface area contributed by atoms with Gasteiger partial charge in [-0.15, -0.1) is 0 Å². The van der Waals surface area contributed by atoms with Crippen LogP contribution in [0.1, 0.15) is 30.4 Å². The average molecular weight is 338 g/mol. The molecule has 0 radical (unpaired) electrons. The van der Waals surface area contributed by atoms with E-state index in [0.717, 1.165) is 0 Å². The molecule has 1 heterocycles. The van der Waals surface area contributed by atoms with E-state index < -0.39 is 23.5 Å². The molecule has 0 unspecified atom stereocenters. The fraction of sp³-hybridized carbons (Fsp3) is 0.267. The molecule has 8 heteroatoms. The molecule has 1 amide bonds. The number of aromatic nitrogens is 1. The highest BCUT2D eigenvalue weighted by Crippen LogP contribution is 2.35. The summed E-state index contributed by atoms with van der Waals surface area (Å²) < 4.78 is 23.0. The number of benzene rings is 1. The lowest BCUT2D eigenvalue weighted by Crippen LogP contribution is -2.27. The van der Waals surface area contributed by atoms with Crippen LogP contribution in [0.2, 0.25) is 0 Å². The van der Waals surface area contributed by atoms with Crippen molar-refractivity contribution >= 4 is 29.3 Å². The molecule has 0 aliphatic rings. The molecule has 0 spiro atoms. The third-order valence-electron chi connectivity index (χ3n) is 2.64. The number of hydrogen-bond acceptors (Lipinski definition) is 5. The van der Waals surface area contributed by atoms with Gasteiger partial charge in [0.05, 0.1) is 5.69 Å². The molecule has 0 atom stereocenters. The first-order valence-corrected chi connectivity index (χ1v) is 7.44. The summed E-state index contributed by atoms with van der Waals surface area (Å²) in [5.74, 6) is -1.84. The first kappa shape index (κ1) is 16.9. The number of halogens is 1. The number of carboxylic acid groups (broad SMARTS) is 1. The molecule has 1 aromatic heterocycles. The minimum absolute atomic E-state index is 0.0522. The molecule has 0 bridgehead atoms. The molecule has 0 aliphatic heterocycles. The minimum atomic E-state index is -1.27. The maximum Gasteiger partial charge on any atom is 0.412 e. The summed E-state index contributed by atoms with van der Waals surface area (Å²) in [4.78, 5) is 23.0. The smallest absolute Gasteiger partial charge is 0.412 e. The largest absolute Gasteiger partial charge is 0.477 e. The van der Waals surface area contributed by atoms with Crippen molar-refractivity contribution in [3.8, 4) is 11.3 Å². The standard InChI is InChI=1S/C15H15FN2O4S/c1-15(2,3)22-14(21)17-11-10(18-23-12(11)13(19)20)8-6-4-5-7-9(8)16/h4-7H,1-3H3,(H,17,21)(H,19,20). The number of nitrogens with zero attached hydrogens (tertiary/aromatic N) is 1. The summed E-state index contributed by atoms with van der Waals surface area (Å²) in [5, 5.41) is 11.6. The number of carboxylic acids is 1. The summed E-state index contributed by atoms with van der Waals surface area (Å²) >= 11 is 0.661. The Labute approximate surface area is 136 Å². The van der Waals surface area contributed by atoms with Crippen LogP contribution in [0.25, 0.3) is 11.3 Å². The molecule has 6 nitrogen and oxygen atoms in total. The summed E-state index contributed by atoms with van der Waals surface area (Å²) in [6, 6.07) is 5.78. The molecule has 0 saturated carbocycles. The predicted octanol–water partition coefficient (Wildman–Crippen LogP) is 3.99. The van der Waals surface area contributed by atoms with Gasteiger partial charge >= 0.3 is 12.1 Å². The highest BCUT2D eigenvalue weighted by molar-refractivity contribution is 7.09. The Morgan fingerprint density at radius 2 is 1.96 bits per heavy atom. The van der Waals surface area contributed by atoms with Gasteiger partial charge in [0.25, 0.3) is 0 Å². The van der Waals surface area contributed by atoms with Crippen LogP contribution in [0.4, 0.5) is 14.9 Å². The Bertz CT molecular complexity index is 752. The van der Waals surface area contributed by atoms with Gasteiger partial charge in [-0.3, -0.25) is 5.32 Å². The first-order valence-electron chi connectivity index (χ1n) is 6.67. The van der Waals surface area contributed by atoms with Crippen molar-refractivity contribution < 1.29 is 23.8 Å². The third kappa shape index (κ3) is 4.04. The van der Waals surface area contributed by atoms with Gasteiger partial charge in [0.2, 0.25) is 0 Å². The number of hydrogen-bond donors (Lipinski definition) is 2. The Hall–Kier alpha value is -2.48. The number of ether oxygens (including phenoxy) is 1. The molecule has 2 N–H and O–H groups in total. The summed E-state index contributed by atoms with van der Waals surface area (Å²) in [6.07, 6.45) is -0.835. The summed E-state index contributed by atoms with van der Waals surface area (Å²) in [7, 11) is 0. The second-order valence-electron chi connectivity index (χ2n) is 5.65. The van der Waals surface area contributed by atoms with Gasteiger partial charge in [0.1, 0.15) is 17.1 Å². The van der Waals surface area contributed by atoms with E-state index in [1.165, 1.54) is 18.2 Å². The fourth-order valence-corrected chi connectivity index (χ4v) is 2.48. The molecule has 2 rings (SSSR count). The van der Waals surface area contributed by atoms with Crippen molar-refractivity contribution in [1.82, 2.24) is 4.37 Å². The molecule has 0 fully saturated rings. The van der Waals surface area contributed by atoms with Crippen molar-refractivity contribution in [3.63, 3.8) is 0 Å². The Morgan fingerprint density at radius 3 is 2.52 bits per heavy atom. The van der Waals surface area contributed by atoms with Crippen molar-refractivity contribution in [3.05, 3.63) is 35.0 Å². The number of carbonyl (C=O) groups is 2. The lowest BCUT2D eigenvalue weighted by atomic mass is 10.1. The molecular weight excluding hydrogens is 323 g/mol. The predicted molar refractivity (Wildman–Crippen MR) is 84.3 cm³/mol. The van der Waals surface area contributed by atoms with Gasteiger partial charge in [-0.05, 0) is 44.4 Å². The van der Waals surface area contributed by atoms with Crippen molar-refractivity contribution in [2.45, 2.75) is 26.4 Å². The van der Waals surface area contributed by atoms with E-state index in [1.807, 2.05) is 0 Å². The van der Waals surface area contributed by atoms with E-state index in [-0.39, 0.29) is 21.8 Å². The van der Waals surface area contributed by atoms with Crippen LogP contribution in [0.5, 0.6) is 0 Å². The lowest BCUT2D eigenvalue weighted by Gasteiger charge is -2.19. The zero-order chi connectivity index (χ0) is 17.2. The zero-order valence-electron chi connectivity index (χ0n) is 12.7. The second kappa shape index (κ2) is 6.33. The van der Waals surface area contributed by atoms with Crippen molar-refractivity contribution in [2.75, 3.05) is 5.32 Å². The van der Waals surface area contributed by atoms with E-state index in [2.05, 4.69) is 9.69 Å². The van der Waals surface area contributed by atoms with Gasteiger partial charge in [-0.2, -0.15) is 4.37 Å². The molecule has 122 valence electrons. The van der Waals surface area contributed by atoms with Crippen LogP contribution >= 0.6 is 11.5 Å². The van der Waals surface area contributed by atoms with Crippen LogP contribution in [0.15, 0.2) is 24.3 Å². The summed E-state index contributed by atoms with van der Waals surface area (Å²) in [6.45, 7) is 5.02. The average Bonchev–Trinajstić information content (AvgIpc) is 2.80. The Kier molecular flexibility index (Phi) is 4.65. The quantitative estimate of drug-likeness (QED) is 0.883. The number of amides is 1. The normalized spacial score (nSPS) is 11.1. The number of aromatic carboxylic acids is 1. The van der Waals surface area contributed by atoms with E-state index in [4.69, 9.17) is 4.74 Å². The highest BCUT2D eigenvalue weighted by atomic mass is 32.1. The molecule has 0 aliphatic carbocycles. The number of carbonyl (C=O) groups excluding carboxylic acids is 1. The van der Waals surface area contributed by atoms with Gasteiger partial charge in [-0.25, -0.2) is 14.0 Å². The topological polar surface area (TPSA) is 88.5 Å². The van der Waals surface area contributed by atoms with Crippen molar-refractivity contribution in [1.29, 1.82) is 0 Å². The van der Waals surface area contributed by atoms with E-state index in [1.54, 1.807) is 26.8 Å².